The van der Waals surface area contributed by atoms with E-state index in [4.69, 9.17) is 14.3 Å². The molecule has 0 fully saturated rings. The van der Waals surface area contributed by atoms with Crippen molar-refractivity contribution in [3.63, 3.8) is 0 Å². The highest BCUT2D eigenvalue weighted by Gasteiger charge is 2.12. The fourth-order valence-corrected chi connectivity index (χ4v) is 1.35. The Hall–Kier alpha value is -1.33. The van der Waals surface area contributed by atoms with Crippen LogP contribution < -0.4 is 10.4 Å². The Bertz CT molecular complexity index is 371. The van der Waals surface area contributed by atoms with Gasteiger partial charge in [-0.25, -0.2) is 4.79 Å². The summed E-state index contributed by atoms with van der Waals surface area (Å²) >= 11 is 0. The highest BCUT2D eigenvalue weighted by molar-refractivity contribution is 5.21. The molecule has 0 saturated heterocycles. The maximum atomic E-state index is 11.1. The highest BCUT2D eigenvalue weighted by Crippen LogP contribution is 2.21. The van der Waals surface area contributed by atoms with Crippen LogP contribution in [0.4, 0.5) is 0 Å². The highest BCUT2D eigenvalue weighted by atomic mass is 16.5. The number of methoxy groups -OCH3 is 1. The number of aliphatic hydroxyl groups is 2. The summed E-state index contributed by atoms with van der Waals surface area (Å²) in [4.78, 5) is 11.1. The van der Waals surface area contributed by atoms with Gasteiger partial charge in [-0.15, -0.1) is 0 Å². The third kappa shape index (κ3) is 3.67. The third-order valence-corrected chi connectivity index (χ3v) is 2.21. The van der Waals surface area contributed by atoms with E-state index in [0.29, 0.717) is 25.0 Å². The van der Waals surface area contributed by atoms with Crippen LogP contribution in [0.5, 0.6) is 5.75 Å². The van der Waals surface area contributed by atoms with Gasteiger partial charge in [0.15, 0.2) is 0 Å². The fraction of sp³-hybridized carbons (Fsp3) is 0.545. The first kappa shape index (κ1) is 12.7. The van der Waals surface area contributed by atoms with Crippen LogP contribution in [0.25, 0.3) is 0 Å². The zero-order chi connectivity index (χ0) is 12.0. The molecule has 1 aromatic heterocycles. The molecule has 90 valence electrons. The third-order valence-electron chi connectivity index (χ3n) is 2.21. The molecule has 1 atom stereocenters. The van der Waals surface area contributed by atoms with Crippen molar-refractivity contribution < 1.29 is 19.4 Å². The van der Waals surface area contributed by atoms with Crippen LogP contribution in [0.2, 0.25) is 0 Å². The van der Waals surface area contributed by atoms with E-state index in [9.17, 15) is 9.90 Å². The van der Waals surface area contributed by atoms with Crippen LogP contribution in [-0.4, -0.2) is 23.9 Å². The summed E-state index contributed by atoms with van der Waals surface area (Å²) in [6, 6.07) is 2.70. The molecule has 0 bridgehead atoms. The first-order valence-electron chi connectivity index (χ1n) is 5.15. The summed E-state index contributed by atoms with van der Waals surface area (Å²) in [5.41, 5.74) is -0.546. The van der Waals surface area contributed by atoms with Crippen LogP contribution in [0.15, 0.2) is 21.3 Å². The van der Waals surface area contributed by atoms with Crippen LogP contribution in [0.1, 0.15) is 31.1 Å². The van der Waals surface area contributed by atoms with Gasteiger partial charge in [0.1, 0.15) is 17.6 Å². The number of ether oxygens (including phenoxy) is 1. The molecule has 0 aromatic carbocycles. The summed E-state index contributed by atoms with van der Waals surface area (Å²) in [7, 11) is 1.44. The number of hydrogen-bond acceptors (Lipinski definition) is 5. The van der Waals surface area contributed by atoms with Crippen molar-refractivity contribution in [2.24, 2.45) is 0 Å². The maximum absolute atomic E-state index is 11.1. The molecule has 5 heteroatoms. The Balaban J connectivity index is 2.70. The topological polar surface area (TPSA) is 79.9 Å². The second-order valence-corrected chi connectivity index (χ2v) is 3.45. The normalized spacial score (nSPS) is 12.4. The summed E-state index contributed by atoms with van der Waals surface area (Å²) in [5.74, 6) is 0.565. The van der Waals surface area contributed by atoms with Crippen molar-refractivity contribution in [1.82, 2.24) is 0 Å². The minimum atomic E-state index is -0.839. The average molecular weight is 228 g/mol. The second kappa shape index (κ2) is 6.30. The maximum Gasteiger partial charge on any atom is 0.339 e. The van der Waals surface area contributed by atoms with E-state index in [2.05, 4.69) is 0 Å². The number of aliphatic hydroxyl groups excluding tert-OH is 2. The Morgan fingerprint density at radius 3 is 2.81 bits per heavy atom. The van der Waals surface area contributed by atoms with E-state index in [-0.39, 0.29) is 12.4 Å². The molecule has 0 spiro atoms. The first-order valence-corrected chi connectivity index (χ1v) is 5.15. The molecule has 1 aromatic rings. The van der Waals surface area contributed by atoms with Crippen LogP contribution in [-0.2, 0) is 0 Å². The van der Waals surface area contributed by atoms with Crippen molar-refractivity contribution in [3.05, 3.63) is 28.3 Å². The molecule has 0 aliphatic rings. The molecule has 0 aliphatic carbocycles. The van der Waals surface area contributed by atoms with E-state index in [0.717, 1.165) is 0 Å². The molecule has 0 radical (unpaired) electrons. The van der Waals surface area contributed by atoms with Gasteiger partial charge in [0.05, 0.1) is 13.2 Å². The van der Waals surface area contributed by atoms with Crippen LogP contribution >= 0.6 is 0 Å². The molecule has 0 saturated carbocycles. The van der Waals surface area contributed by atoms with Crippen molar-refractivity contribution in [3.8, 4) is 5.75 Å². The minimum Gasteiger partial charge on any atom is -0.496 e. The molecule has 1 heterocycles. The lowest BCUT2D eigenvalue weighted by molar-refractivity contribution is 0.129. The van der Waals surface area contributed by atoms with Gasteiger partial charge in [-0.2, -0.15) is 0 Å². The molecule has 0 unspecified atom stereocenters. The van der Waals surface area contributed by atoms with E-state index in [1.54, 1.807) is 0 Å². The van der Waals surface area contributed by atoms with Gasteiger partial charge in [-0.3, -0.25) is 0 Å². The van der Waals surface area contributed by atoms with Crippen LogP contribution in [0, 0.1) is 0 Å². The molecular formula is C11H16O5. The van der Waals surface area contributed by atoms with E-state index >= 15 is 0 Å². The van der Waals surface area contributed by atoms with Gasteiger partial charge in [0.25, 0.3) is 0 Å². The Morgan fingerprint density at radius 1 is 1.44 bits per heavy atom. The van der Waals surface area contributed by atoms with Gasteiger partial charge in [-0.1, -0.05) is 0 Å². The van der Waals surface area contributed by atoms with Crippen molar-refractivity contribution >= 4 is 0 Å². The van der Waals surface area contributed by atoms with Gasteiger partial charge in [0, 0.05) is 12.7 Å². The lowest BCUT2D eigenvalue weighted by atomic mass is 10.1. The van der Waals surface area contributed by atoms with E-state index < -0.39 is 11.7 Å². The second-order valence-electron chi connectivity index (χ2n) is 3.45. The summed E-state index contributed by atoms with van der Waals surface area (Å²) in [5, 5.41) is 18.3. The largest absolute Gasteiger partial charge is 0.496 e. The Kier molecular flexibility index (Phi) is 5.01. The van der Waals surface area contributed by atoms with E-state index in [1.165, 1.54) is 19.2 Å². The molecule has 0 amide bonds. The van der Waals surface area contributed by atoms with Crippen molar-refractivity contribution in [2.45, 2.75) is 25.4 Å². The zero-order valence-corrected chi connectivity index (χ0v) is 9.18. The number of unbranched alkanes of at least 4 members (excludes halogenated alkanes) is 1. The van der Waals surface area contributed by atoms with Gasteiger partial charge in [-0.05, 0) is 19.3 Å². The average Bonchev–Trinajstić information content (AvgIpc) is 2.28. The Labute approximate surface area is 93.3 Å². The summed E-state index contributed by atoms with van der Waals surface area (Å²) in [6.45, 7) is 0.0920. The summed E-state index contributed by atoms with van der Waals surface area (Å²) in [6.07, 6.45) is 0.884. The molecule has 1 rings (SSSR count). The summed E-state index contributed by atoms with van der Waals surface area (Å²) < 4.78 is 9.76. The van der Waals surface area contributed by atoms with Gasteiger partial charge >= 0.3 is 5.63 Å². The predicted molar refractivity (Wildman–Crippen MR) is 57.4 cm³/mol. The van der Waals surface area contributed by atoms with Crippen LogP contribution in [0.3, 0.4) is 0 Å². The molecule has 16 heavy (non-hydrogen) atoms. The molecule has 2 N–H and O–H groups in total. The first-order chi connectivity index (χ1) is 7.67. The lowest BCUT2D eigenvalue weighted by Crippen LogP contribution is -2.05. The van der Waals surface area contributed by atoms with Gasteiger partial charge < -0.3 is 19.4 Å². The SMILES string of the molecule is COc1cc([C@H](O)CCCCO)oc(=O)c1. The standard InChI is InChI=1S/C11H16O5/c1-15-8-6-10(16-11(14)7-8)9(13)4-2-3-5-12/h6-7,9,12-13H,2-5H2,1H3/t9-/m1/s1. The quantitative estimate of drug-likeness (QED) is 0.705. The molecule has 5 nitrogen and oxygen atoms in total. The van der Waals surface area contributed by atoms with E-state index in [1.807, 2.05) is 0 Å². The van der Waals surface area contributed by atoms with Crippen molar-refractivity contribution in [2.75, 3.05) is 13.7 Å². The molecular weight excluding hydrogens is 212 g/mol. The molecule has 0 aliphatic heterocycles. The number of hydrogen-bond donors (Lipinski definition) is 2. The fourth-order valence-electron chi connectivity index (χ4n) is 1.35. The monoisotopic (exact) mass is 228 g/mol. The lowest BCUT2D eigenvalue weighted by Gasteiger charge is -2.09. The van der Waals surface area contributed by atoms with Gasteiger partial charge in [0.2, 0.25) is 0 Å². The minimum absolute atomic E-state index is 0.0920. The smallest absolute Gasteiger partial charge is 0.339 e. The van der Waals surface area contributed by atoms with Crippen molar-refractivity contribution in [1.29, 1.82) is 0 Å². The zero-order valence-electron chi connectivity index (χ0n) is 9.18. The number of rotatable bonds is 6. The predicted octanol–water partition coefficient (Wildman–Crippen LogP) is 0.844. The Morgan fingerprint density at radius 2 is 2.19 bits per heavy atom.